The molecule has 0 radical (unpaired) electrons. The van der Waals surface area contributed by atoms with E-state index in [0.29, 0.717) is 35.0 Å². The number of carbonyl (C=O) groups excluding carboxylic acids is 1. The molecule has 0 fully saturated rings. The lowest BCUT2D eigenvalue weighted by Gasteiger charge is -2.06. The molecule has 0 saturated heterocycles. The minimum Gasteiger partial charge on any atom is -0.417 e. The largest absolute Gasteiger partial charge is 0.417 e. The highest BCUT2D eigenvalue weighted by atomic mass is 16.4. The highest BCUT2D eigenvalue weighted by Gasteiger charge is 2.13. The predicted octanol–water partition coefficient (Wildman–Crippen LogP) is 4.63. The van der Waals surface area contributed by atoms with Gasteiger partial charge in [-0.3, -0.25) is 9.78 Å². The van der Waals surface area contributed by atoms with Gasteiger partial charge in [0.1, 0.15) is 6.33 Å². The van der Waals surface area contributed by atoms with Crippen molar-refractivity contribution in [2.45, 2.75) is 6.42 Å². The topological polar surface area (TPSA) is 118 Å². The van der Waals surface area contributed by atoms with Crippen LogP contribution in [0, 0.1) is 0 Å². The average molecular weight is 468 g/mol. The lowest BCUT2D eigenvalue weighted by molar-refractivity contribution is -0.105. The number of fused-ring (bicyclic) bond motifs is 1. The Bertz CT molecular complexity index is 1340. The van der Waals surface area contributed by atoms with E-state index in [-0.39, 0.29) is 0 Å². The zero-order valence-corrected chi connectivity index (χ0v) is 19.2. The first-order valence-electron chi connectivity index (χ1n) is 11.0. The van der Waals surface area contributed by atoms with Crippen molar-refractivity contribution in [1.29, 1.82) is 0 Å². The quantitative estimate of drug-likeness (QED) is 0.283. The van der Waals surface area contributed by atoms with Gasteiger partial charge in [-0.2, -0.15) is 4.98 Å². The molecule has 5 aromatic rings. The second kappa shape index (κ2) is 11.9. The minimum absolute atomic E-state index is 0.486. The number of oxazole rings is 1. The van der Waals surface area contributed by atoms with E-state index >= 15 is 0 Å². The minimum atomic E-state index is 0.486. The number of amides is 1. The first-order valence-corrected chi connectivity index (χ1v) is 11.0. The van der Waals surface area contributed by atoms with E-state index in [0.717, 1.165) is 24.2 Å². The maximum absolute atomic E-state index is 9.84. The van der Waals surface area contributed by atoms with E-state index in [1.165, 1.54) is 11.9 Å². The van der Waals surface area contributed by atoms with Gasteiger partial charge in [0, 0.05) is 31.0 Å². The van der Waals surface area contributed by atoms with Gasteiger partial charge in [-0.15, -0.1) is 0 Å². The standard InChI is InChI=1S/C20H19N5O.C6H6N2O/c1-21-16-9-7-14(8-10-16)11-12-22-18-17-20(24-13-23-18)26-19(25-17)15-5-3-2-4-6-15;9-5-8-6-2-1-3-7-4-6/h2-10,13,21H,11-12H2,1H3,(H,22,23,24);1-5H,(H,8,9). The first-order chi connectivity index (χ1) is 17.3. The summed E-state index contributed by atoms with van der Waals surface area (Å²) in [5.41, 5.74) is 5.13. The highest BCUT2D eigenvalue weighted by Crippen LogP contribution is 2.25. The van der Waals surface area contributed by atoms with Crippen LogP contribution in [0.4, 0.5) is 17.2 Å². The maximum Gasteiger partial charge on any atom is 0.252 e. The summed E-state index contributed by atoms with van der Waals surface area (Å²) in [4.78, 5) is 26.7. The van der Waals surface area contributed by atoms with Gasteiger partial charge in [-0.25, -0.2) is 9.97 Å². The third-order valence-electron chi connectivity index (χ3n) is 5.05. The zero-order chi connectivity index (χ0) is 24.3. The van der Waals surface area contributed by atoms with E-state index in [1.807, 2.05) is 37.4 Å². The van der Waals surface area contributed by atoms with Gasteiger partial charge in [0.25, 0.3) is 5.71 Å². The number of anilines is 3. The number of carbonyl (C=O) groups is 1. The van der Waals surface area contributed by atoms with E-state index in [4.69, 9.17) is 4.42 Å². The van der Waals surface area contributed by atoms with E-state index < -0.39 is 0 Å². The van der Waals surface area contributed by atoms with Crippen LogP contribution in [0.15, 0.2) is 89.9 Å². The molecule has 0 unspecified atom stereocenters. The van der Waals surface area contributed by atoms with Crippen LogP contribution in [0.3, 0.4) is 0 Å². The van der Waals surface area contributed by atoms with Crippen molar-refractivity contribution in [3.05, 3.63) is 91.0 Å². The number of benzene rings is 2. The Morgan fingerprint density at radius 2 is 1.77 bits per heavy atom. The molecule has 3 heterocycles. The van der Waals surface area contributed by atoms with Crippen molar-refractivity contribution >= 4 is 34.8 Å². The van der Waals surface area contributed by atoms with Crippen LogP contribution < -0.4 is 16.0 Å². The molecule has 9 nitrogen and oxygen atoms in total. The van der Waals surface area contributed by atoms with Crippen molar-refractivity contribution in [3.8, 4) is 11.5 Å². The molecule has 0 aliphatic carbocycles. The molecular weight excluding hydrogens is 442 g/mol. The van der Waals surface area contributed by atoms with Gasteiger partial charge in [-0.1, -0.05) is 30.3 Å². The number of nitrogens with zero attached hydrogens (tertiary/aromatic N) is 4. The Balaban J connectivity index is 0.000000271. The molecule has 5 rings (SSSR count). The van der Waals surface area contributed by atoms with Crippen LogP contribution in [0.5, 0.6) is 0 Å². The monoisotopic (exact) mass is 467 g/mol. The molecule has 0 spiro atoms. The average Bonchev–Trinajstić information content (AvgIpc) is 3.36. The van der Waals surface area contributed by atoms with Crippen molar-refractivity contribution in [3.63, 3.8) is 0 Å². The lowest BCUT2D eigenvalue weighted by Crippen LogP contribution is -2.07. The smallest absolute Gasteiger partial charge is 0.252 e. The molecule has 0 aliphatic rings. The second-order valence-electron chi connectivity index (χ2n) is 7.39. The molecule has 0 saturated carbocycles. The number of aromatic nitrogens is 4. The number of pyridine rings is 1. The molecule has 3 aromatic heterocycles. The molecule has 35 heavy (non-hydrogen) atoms. The lowest BCUT2D eigenvalue weighted by atomic mass is 10.1. The molecule has 9 heteroatoms. The fourth-order valence-electron chi connectivity index (χ4n) is 3.27. The summed E-state index contributed by atoms with van der Waals surface area (Å²) in [6, 6.07) is 21.7. The Morgan fingerprint density at radius 3 is 2.49 bits per heavy atom. The third kappa shape index (κ3) is 6.38. The first kappa shape index (κ1) is 23.4. The summed E-state index contributed by atoms with van der Waals surface area (Å²) in [6.07, 6.45) is 6.23. The van der Waals surface area contributed by atoms with Crippen LogP contribution in [-0.4, -0.2) is 39.9 Å². The van der Waals surface area contributed by atoms with Crippen LogP contribution in [0.1, 0.15) is 5.56 Å². The fourth-order valence-corrected chi connectivity index (χ4v) is 3.27. The fraction of sp³-hybridized carbons (Fsp3) is 0.115. The van der Waals surface area contributed by atoms with Crippen molar-refractivity contribution in [1.82, 2.24) is 19.9 Å². The summed E-state index contributed by atoms with van der Waals surface area (Å²) in [5, 5.41) is 8.93. The van der Waals surface area contributed by atoms with Crippen molar-refractivity contribution < 1.29 is 9.21 Å². The molecule has 176 valence electrons. The molecular formula is C26H25N7O2. The van der Waals surface area contributed by atoms with Gasteiger partial charge >= 0.3 is 0 Å². The normalized spacial score (nSPS) is 10.2. The molecule has 2 aromatic carbocycles. The molecule has 0 bridgehead atoms. The van der Waals surface area contributed by atoms with E-state index in [9.17, 15) is 4.79 Å². The summed E-state index contributed by atoms with van der Waals surface area (Å²) in [7, 11) is 1.92. The molecule has 0 aliphatic heterocycles. The van der Waals surface area contributed by atoms with Gasteiger partial charge < -0.3 is 20.4 Å². The van der Waals surface area contributed by atoms with Gasteiger partial charge in [-0.05, 0) is 48.4 Å². The number of rotatable bonds is 8. The predicted molar refractivity (Wildman–Crippen MR) is 137 cm³/mol. The third-order valence-corrected chi connectivity index (χ3v) is 5.05. The summed E-state index contributed by atoms with van der Waals surface area (Å²) in [5.74, 6) is 1.24. The Labute approximate surface area is 202 Å². The summed E-state index contributed by atoms with van der Waals surface area (Å²) >= 11 is 0. The highest BCUT2D eigenvalue weighted by molar-refractivity contribution is 5.83. The maximum atomic E-state index is 9.84. The Morgan fingerprint density at radius 1 is 0.943 bits per heavy atom. The number of hydrogen-bond donors (Lipinski definition) is 3. The van der Waals surface area contributed by atoms with Gasteiger partial charge in [0.05, 0.1) is 11.9 Å². The van der Waals surface area contributed by atoms with Crippen LogP contribution in [0.2, 0.25) is 0 Å². The zero-order valence-electron chi connectivity index (χ0n) is 19.2. The van der Waals surface area contributed by atoms with E-state index in [2.05, 4.69) is 60.2 Å². The molecule has 0 atom stereocenters. The van der Waals surface area contributed by atoms with Crippen molar-refractivity contribution in [2.24, 2.45) is 0 Å². The number of hydrogen-bond acceptors (Lipinski definition) is 8. The van der Waals surface area contributed by atoms with Gasteiger partial charge in [0.15, 0.2) is 11.3 Å². The van der Waals surface area contributed by atoms with Crippen LogP contribution in [0.25, 0.3) is 22.7 Å². The Kier molecular flexibility index (Phi) is 7.94. The van der Waals surface area contributed by atoms with Crippen LogP contribution >= 0.6 is 0 Å². The van der Waals surface area contributed by atoms with E-state index in [1.54, 1.807) is 24.5 Å². The van der Waals surface area contributed by atoms with Crippen LogP contribution in [-0.2, 0) is 11.2 Å². The molecule has 3 N–H and O–H groups in total. The Hall–Kier alpha value is -4.79. The summed E-state index contributed by atoms with van der Waals surface area (Å²) in [6.45, 7) is 0.749. The summed E-state index contributed by atoms with van der Waals surface area (Å²) < 4.78 is 5.78. The number of nitrogens with one attached hydrogen (secondary N) is 3. The second-order valence-corrected chi connectivity index (χ2v) is 7.39. The molecule has 1 amide bonds. The van der Waals surface area contributed by atoms with Gasteiger partial charge in [0.2, 0.25) is 12.3 Å². The SMILES string of the molecule is CNc1ccc(CCNc2ncnc3oc(-c4ccccc4)nc23)cc1.O=CNc1cccnc1. The van der Waals surface area contributed by atoms with Crippen molar-refractivity contribution in [2.75, 3.05) is 29.5 Å².